The molecule has 1 atom stereocenters. The molecule has 0 spiro atoms. The first-order valence-electron chi connectivity index (χ1n) is 5.78. The highest BCUT2D eigenvalue weighted by atomic mass is 16.3. The van der Waals surface area contributed by atoms with Gasteiger partial charge in [-0.15, -0.1) is 10.2 Å². The number of hydrogen-bond donors (Lipinski definition) is 1. The molecule has 2 heterocycles. The number of aromatic nitrogens is 3. The lowest BCUT2D eigenvalue weighted by Crippen LogP contribution is -2.45. The number of likely N-dealkylation sites (tertiary alicyclic amines) is 1. The van der Waals surface area contributed by atoms with Crippen molar-refractivity contribution in [2.24, 2.45) is 7.05 Å². The first-order valence-corrected chi connectivity index (χ1v) is 5.78. The van der Waals surface area contributed by atoms with Crippen molar-refractivity contribution in [3.63, 3.8) is 0 Å². The van der Waals surface area contributed by atoms with Gasteiger partial charge in [0.15, 0.2) is 0 Å². The van der Waals surface area contributed by atoms with Gasteiger partial charge in [-0.2, -0.15) is 0 Å². The van der Waals surface area contributed by atoms with E-state index in [-0.39, 0.29) is 6.04 Å². The second-order valence-electron chi connectivity index (χ2n) is 5.14. The van der Waals surface area contributed by atoms with Crippen LogP contribution in [0.2, 0.25) is 0 Å². The summed E-state index contributed by atoms with van der Waals surface area (Å²) in [6.45, 7) is 5.56. The molecule has 5 nitrogen and oxygen atoms in total. The molecular weight excluding hydrogens is 204 g/mol. The number of aliphatic hydroxyl groups is 1. The second-order valence-corrected chi connectivity index (χ2v) is 5.14. The van der Waals surface area contributed by atoms with Crippen LogP contribution in [0.3, 0.4) is 0 Å². The Hall–Kier alpha value is -0.940. The van der Waals surface area contributed by atoms with Crippen molar-refractivity contribution in [2.45, 2.75) is 44.9 Å². The summed E-state index contributed by atoms with van der Waals surface area (Å²) in [7, 11) is 1.95. The van der Waals surface area contributed by atoms with Crippen molar-refractivity contribution in [1.29, 1.82) is 0 Å². The SMILES string of the molecule is Cn1cnnc1CN1CCCC1C(C)(C)O. The van der Waals surface area contributed by atoms with Gasteiger partial charge >= 0.3 is 0 Å². The normalized spacial score (nSPS) is 22.9. The molecule has 0 bridgehead atoms. The summed E-state index contributed by atoms with van der Waals surface area (Å²) < 4.78 is 1.93. The minimum Gasteiger partial charge on any atom is -0.389 e. The fraction of sp³-hybridized carbons (Fsp3) is 0.818. The zero-order valence-corrected chi connectivity index (χ0v) is 10.2. The van der Waals surface area contributed by atoms with E-state index in [2.05, 4.69) is 15.1 Å². The van der Waals surface area contributed by atoms with Gasteiger partial charge in [-0.1, -0.05) is 0 Å². The van der Waals surface area contributed by atoms with Crippen molar-refractivity contribution in [3.8, 4) is 0 Å². The maximum absolute atomic E-state index is 10.1. The molecule has 0 saturated carbocycles. The molecule has 0 aromatic carbocycles. The molecule has 1 aromatic rings. The Morgan fingerprint density at radius 3 is 2.88 bits per heavy atom. The van der Waals surface area contributed by atoms with E-state index in [4.69, 9.17) is 0 Å². The highest BCUT2D eigenvalue weighted by Gasteiger charge is 2.36. The average Bonchev–Trinajstić information content (AvgIpc) is 2.76. The molecule has 1 aliphatic rings. The molecule has 1 aromatic heterocycles. The van der Waals surface area contributed by atoms with Crippen molar-refractivity contribution < 1.29 is 5.11 Å². The van der Waals surface area contributed by atoms with Gasteiger partial charge < -0.3 is 9.67 Å². The quantitative estimate of drug-likeness (QED) is 0.814. The molecule has 1 unspecified atom stereocenters. The van der Waals surface area contributed by atoms with Gasteiger partial charge in [0.05, 0.1) is 12.1 Å². The van der Waals surface area contributed by atoms with Crippen LogP contribution in [0, 0.1) is 0 Å². The zero-order chi connectivity index (χ0) is 11.8. The van der Waals surface area contributed by atoms with E-state index in [0.717, 1.165) is 31.8 Å². The summed E-state index contributed by atoms with van der Waals surface area (Å²) in [5.74, 6) is 0.955. The summed E-state index contributed by atoms with van der Waals surface area (Å²) in [6.07, 6.45) is 3.92. The van der Waals surface area contributed by atoms with E-state index >= 15 is 0 Å². The number of nitrogens with zero attached hydrogens (tertiary/aromatic N) is 4. The molecule has 2 rings (SSSR count). The predicted octanol–water partition coefficient (Wildman–Crippen LogP) is 0.550. The van der Waals surface area contributed by atoms with Crippen LogP contribution in [0.25, 0.3) is 0 Å². The highest BCUT2D eigenvalue weighted by Crippen LogP contribution is 2.27. The van der Waals surface area contributed by atoms with E-state index in [1.165, 1.54) is 0 Å². The Labute approximate surface area is 96.1 Å². The molecule has 1 fully saturated rings. The molecule has 0 aliphatic carbocycles. The first kappa shape index (κ1) is 11.5. The zero-order valence-electron chi connectivity index (χ0n) is 10.2. The third-order valence-corrected chi connectivity index (χ3v) is 3.33. The van der Waals surface area contributed by atoms with Gasteiger partial charge in [0, 0.05) is 13.1 Å². The van der Waals surface area contributed by atoms with Crippen molar-refractivity contribution in [1.82, 2.24) is 19.7 Å². The Balaban J connectivity index is 2.07. The lowest BCUT2D eigenvalue weighted by molar-refractivity contribution is -0.00600. The monoisotopic (exact) mass is 224 g/mol. The Morgan fingerprint density at radius 2 is 2.31 bits per heavy atom. The molecule has 0 radical (unpaired) electrons. The van der Waals surface area contributed by atoms with Crippen LogP contribution in [-0.4, -0.2) is 43.0 Å². The van der Waals surface area contributed by atoms with Gasteiger partial charge in [-0.25, -0.2) is 0 Å². The summed E-state index contributed by atoms with van der Waals surface area (Å²) in [5, 5.41) is 18.1. The van der Waals surface area contributed by atoms with E-state index in [9.17, 15) is 5.11 Å². The minimum atomic E-state index is -0.644. The van der Waals surface area contributed by atoms with Gasteiger partial charge in [0.2, 0.25) is 0 Å². The third-order valence-electron chi connectivity index (χ3n) is 3.33. The molecule has 16 heavy (non-hydrogen) atoms. The topological polar surface area (TPSA) is 54.2 Å². The van der Waals surface area contributed by atoms with Gasteiger partial charge in [0.1, 0.15) is 12.2 Å². The number of hydrogen-bond acceptors (Lipinski definition) is 4. The average molecular weight is 224 g/mol. The van der Waals surface area contributed by atoms with Crippen LogP contribution < -0.4 is 0 Å². The molecule has 1 saturated heterocycles. The Morgan fingerprint density at radius 1 is 1.56 bits per heavy atom. The number of rotatable bonds is 3. The summed E-state index contributed by atoms with van der Waals surface area (Å²) >= 11 is 0. The minimum absolute atomic E-state index is 0.226. The first-order chi connectivity index (χ1) is 7.48. The lowest BCUT2D eigenvalue weighted by Gasteiger charge is -2.33. The molecule has 90 valence electrons. The largest absolute Gasteiger partial charge is 0.389 e. The fourth-order valence-electron chi connectivity index (χ4n) is 2.45. The van der Waals surface area contributed by atoms with Gasteiger partial charge in [-0.05, 0) is 33.2 Å². The van der Waals surface area contributed by atoms with Gasteiger partial charge in [-0.3, -0.25) is 4.90 Å². The van der Waals surface area contributed by atoms with Crippen LogP contribution in [0.15, 0.2) is 6.33 Å². The van der Waals surface area contributed by atoms with Crippen LogP contribution in [0.4, 0.5) is 0 Å². The summed E-state index contributed by atoms with van der Waals surface area (Å²) in [5.41, 5.74) is -0.644. The third kappa shape index (κ3) is 2.25. The molecule has 1 aliphatic heterocycles. The van der Waals surface area contributed by atoms with Crippen LogP contribution in [0.1, 0.15) is 32.5 Å². The van der Waals surface area contributed by atoms with Crippen LogP contribution in [-0.2, 0) is 13.6 Å². The second kappa shape index (κ2) is 4.14. The van der Waals surface area contributed by atoms with Crippen molar-refractivity contribution in [3.05, 3.63) is 12.2 Å². The molecule has 5 heteroatoms. The fourth-order valence-corrected chi connectivity index (χ4v) is 2.45. The standard InChI is InChI=1S/C11H20N4O/c1-11(2,16)9-5-4-6-15(9)7-10-13-12-8-14(10)3/h8-9,16H,4-7H2,1-3H3. The lowest BCUT2D eigenvalue weighted by atomic mass is 9.97. The van der Waals surface area contributed by atoms with Crippen molar-refractivity contribution in [2.75, 3.05) is 6.54 Å². The summed E-state index contributed by atoms with van der Waals surface area (Å²) in [4.78, 5) is 2.30. The molecule has 0 amide bonds. The highest BCUT2D eigenvalue weighted by molar-refractivity contribution is 4.94. The van der Waals surface area contributed by atoms with Crippen LogP contribution in [0.5, 0.6) is 0 Å². The summed E-state index contributed by atoms with van der Waals surface area (Å²) in [6, 6.07) is 0.226. The van der Waals surface area contributed by atoms with Gasteiger partial charge in [0.25, 0.3) is 0 Å². The molecule has 1 N–H and O–H groups in total. The Kier molecular flexibility index (Phi) is 2.99. The van der Waals surface area contributed by atoms with Crippen molar-refractivity contribution >= 4 is 0 Å². The Bertz CT molecular complexity index is 355. The van der Waals surface area contributed by atoms with E-state index in [0.29, 0.717) is 0 Å². The molecular formula is C11H20N4O. The maximum Gasteiger partial charge on any atom is 0.146 e. The predicted molar refractivity (Wildman–Crippen MR) is 60.7 cm³/mol. The van der Waals surface area contributed by atoms with E-state index in [1.54, 1.807) is 6.33 Å². The number of aryl methyl sites for hydroxylation is 1. The van der Waals surface area contributed by atoms with E-state index in [1.807, 2.05) is 25.5 Å². The van der Waals surface area contributed by atoms with Crippen LogP contribution >= 0.6 is 0 Å². The maximum atomic E-state index is 10.1. The smallest absolute Gasteiger partial charge is 0.146 e. The van der Waals surface area contributed by atoms with E-state index < -0.39 is 5.60 Å².